The molecule has 1 amide bonds. The third kappa shape index (κ3) is 6.81. The number of carboxylic acids is 1. The molecule has 3 rings (SSSR count). The number of ether oxygens (including phenoxy) is 2. The number of anilines is 1. The Morgan fingerprint density at radius 1 is 1.18 bits per heavy atom. The molecule has 3 aromatic rings. The van der Waals surface area contributed by atoms with Crippen molar-refractivity contribution in [1.29, 1.82) is 0 Å². The van der Waals surface area contributed by atoms with E-state index in [1.54, 1.807) is 19.6 Å². The van der Waals surface area contributed by atoms with Gasteiger partial charge in [0.25, 0.3) is 5.91 Å². The van der Waals surface area contributed by atoms with E-state index < -0.39 is 29.1 Å². The molecular formula is C28H30F2N2O5S. The minimum Gasteiger partial charge on any atom is -0.496 e. The summed E-state index contributed by atoms with van der Waals surface area (Å²) in [5, 5.41) is 13.5. The minimum absolute atomic E-state index is 0.0162. The first-order valence-electron chi connectivity index (χ1n) is 11.7. The fourth-order valence-electron chi connectivity index (χ4n) is 3.87. The second-order valence-corrected chi connectivity index (χ2v) is 10.8. The van der Waals surface area contributed by atoms with Gasteiger partial charge in [0.1, 0.15) is 17.4 Å². The molecule has 1 atom stereocenters. The number of thiazole rings is 1. The SMILES string of the molecule is COc1c(-c2csc(NC(=O)c3cc(F)c(/C=C(\C)C(=O)O)c(F)c3)n2)cccc1C(CC(C)(C)C)OC. The average molecular weight is 545 g/mol. The lowest BCUT2D eigenvalue weighted by atomic mass is 9.86. The number of hydrogen-bond donors (Lipinski definition) is 2. The van der Waals surface area contributed by atoms with Crippen LogP contribution >= 0.6 is 11.3 Å². The van der Waals surface area contributed by atoms with Gasteiger partial charge in [0, 0.05) is 40.3 Å². The van der Waals surface area contributed by atoms with Gasteiger partial charge in [-0.15, -0.1) is 11.3 Å². The Labute approximate surface area is 224 Å². The van der Waals surface area contributed by atoms with Crippen molar-refractivity contribution in [2.75, 3.05) is 19.5 Å². The Kier molecular flexibility index (Phi) is 9.01. The summed E-state index contributed by atoms with van der Waals surface area (Å²) in [7, 11) is 3.22. The molecular weight excluding hydrogens is 514 g/mol. The highest BCUT2D eigenvalue weighted by atomic mass is 32.1. The predicted molar refractivity (Wildman–Crippen MR) is 144 cm³/mol. The predicted octanol–water partition coefficient (Wildman–Crippen LogP) is 6.96. The van der Waals surface area contributed by atoms with E-state index >= 15 is 0 Å². The Morgan fingerprint density at radius 2 is 1.84 bits per heavy atom. The lowest BCUT2D eigenvalue weighted by Gasteiger charge is -2.27. The standard InChI is InChI=1S/C28H30F2N2O5S/c1-15(26(34)35)10-19-20(29)11-16(12-21(19)30)25(33)32-27-31-22(14-38-27)17-8-7-9-18(24(17)37-6)23(36-5)13-28(2,3)4/h7-12,14,23H,13H2,1-6H3,(H,34,35)(H,31,32,33)/b15-10+. The third-order valence-corrected chi connectivity index (χ3v) is 6.48. The van der Waals surface area contributed by atoms with Crippen LogP contribution in [0.1, 0.15) is 61.7 Å². The van der Waals surface area contributed by atoms with Gasteiger partial charge in [-0.1, -0.05) is 32.9 Å². The highest BCUT2D eigenvalue weighted by Gasteiger charge is 2.25. The van der Waals surface area contributed by atoms with Crippen LogP contribution in [0.25, 0.3) is 17.3 Å². The first-order chi connectivity index (χ1) is 17.8. The number of aromatic nitrogens is 1. The maximum absolute atomic E-state index is 14.5. The molecule has 0 bridgehead atoms. The zero-order chi connectivity index (χ0) is 28.2. The van der Waals surface area contributed by atoms with Gasteiger partial charge in [0.2, 0.25) is 0 Å². The molecule has 0 saturated heterocycles. The number of nitrogens with zero attached hydrogens (tertiary/aromatic N) is 1. The normalized spacial score (nSPS) is 12.8. The lowest BCUT2D eigenvalue weighted by Crippen LogP contribution is -2.14. The number of nitrogens with one attached hydrogen (secondary N) is 1. The van der Waals surface area contributed by atoms with E-state index in [0.29, 0.717) is 17.0 Å². The summed E-state index contributed by atoms with van der Waals surface area (Å²) in [6.45, 7) is 7.60. The molecule has 10 heteroatoms. The van der Waals surface area contributed by atoms with Crippen molar-refractivity contribution in [3.05, 3.63) is 69.6 Å². The molecule has 2 aromatic carbocycles. The molecule has 1 aromatic heterocycles. The molecule has 0 aliphatic carbocycles. The van der Waals surface area contributed by atoms with Gasteiger partial charge in [-0.05, 0) is 43.0 Å². The Balaban J connectivity index is 1.87. The van der Waals surface area contributed by atoms with Gasteiger partial charge in [-0.3, -0.25) is 10.1 Å². The number of hydrogen-bond acceptors (Lipinski definition) is 6. The molecule has 1 heterocycles. The van der Waals surface area contributed by atoms with Gasteiger partial charge < -0.3 is 14.6 Å². The van der Waals surface area contributed by atoms with Crippen LogP contribution in [0.5, 0.6) is 5.75 Å². The number of aliphatic carboxylic acids is 1. The maximum atomic E-state index is 14.5. The summed E-state index contributed by atoms with van der Waals surface area (Å²) >= 11 is 1.15. The fourth-order valence-corrected chi connectivity index (χ4v) is 4.58. The van der Waals surface area contributed by atoms with Crippen molar-refractivity contribution in [3.8, 4) is 17.0 Å². The lowest BCUT2D eigenvalue weighted by molar-refractivity contribution is -0.132. The van der Waals surface area contributed by atoms with E-state index in [0.717, 1.165) is 41.5 Å². The van der Waals surface area contributed by atoms with Crippen molar-refractivity contribution in [1.82, 2.24) is 4.98 Å². The fraction of sp³-hybridized carbons (Fsp3) is 0.321. The molecule has 38 heavy (non-hydrogen) atoms. The summed E-state index contributed by atoms with van der Waals surface area (Å²) in [5.74, 6) is -3.57. The number of carbonyl (C=O) groups is 2. The third-order valence-electron chi connectivity index (χ3n) is 5.72. The van der Waals surface area contributed by atoms with Crippen LogP contribution in [0.2, 0.25) is 0 Å². The summed E-state index contributed by atoms with van der Waals surface area (Å²) < 4.78 is 40.5. The zero-order valence-electron chi connectivity index (χ0n) is 22.0. The molecule has 7 nitrogen and oxygen atoms in total. The quantitative estimate of drug-likeness (QED) is 0.283. The Bertz CT molecular complexity index is 1350. The van der Waals surface area contributed by atoms with Gasteiger partial charge in [-0.2, -0.15) is 0 Å². The second-order valence-electron chi connectivity index (χ2n) is 9.90. The van der Waals surface area contributed by atoms with E-state index in [-0.39, 0.29) is 27.8 Å². The minimum atomic E-state index is -1.31. The molecule has 0 spiro atoms. The van der Waals surface area contributed by atoms with Crippen LogP contribution in [0.15, 0.2) is 41.3 Å². The number of benzene rings is 2. The molecule has 0 fully saturated rings. The largest absolute Gasteiger partial charge is 0.496 e. The first-order valence-corrected chi connectivity index (χ1v) is 12.6. The Morgan fingerprint density at radius 3 is 2.39 bits per heavy atom. The van der Waals surface area contributed by atoms with Crippen LogP contribution in [0, 0.1) is 17.0 Å². The van der Waals surface area contributed by atoms with Crippen molar-refractivity contribution in [3.63, 3.8) is 0 Å². The molecule has 0 aliphatic heterocycles. The van der Waals surface area contributed by atoms with Crippen LogP contribution in [0.4, 0.5) is 13.9 Å². The number of para-hydroxylation sites is 1. The van der Waals surface area contributed by atoms with Crippen LogP contribution in [-0.4, -0.2) is 36.2 Å². The van der Waals surface area contributed by atoms with Gasteiger partial charge >= 0.3 is 5.97 Å². The van der Waals surface area contributed by atoms with E-state index in [4.69, 9.17) is 14.6 Å². The van der Waals surface area contributed by atoms with Crippen molar-refractivity contribution < 1.29 is 33.0 Å². The zero-order valence-corrected chi connectivity index (χ0v) is 22.8. The highest BCUT2D eigenvalue weighted by Crippen LogP contribution is 2.41. The van der Waals surface area contributed by atoms with Crippen molar-refractivity contribution >= 4 is 34.4 Å². The van der Waals surface area contributed by atoms with Crippen molar-refractivity contribution in [2.45, 2.75) is 40.2 Å². The van der Waals surface area contributed by atoms with Crippen molar-refractivity contribution in [2.24, 2.45) is 5.41 Å². The number of carbonyl (C=O) groups excluding carboxylic acids is 1. The summed E-state index contributed by atoms with van der Waals surface area (Å²) in [4.78, 5) is 28.2. The van der Waals surface area contributed by atoms with E-state index in [2.05, 4.69) is 31.1 Å². The molecule has 1 unspecified atom stereocenters. The maximum Gasteiger partial charge on any atom is 0.331 e. The number of methoxy groups -OCH3 is 2. The number of halogens is 2. The van der Waals surface area contributed by atoms with Crippen LogP contribution in [0.3, 0.4) is 0 Å². The van der Waals surface area contributed by atoms with E-state index in [9.17, 15) is 18.4 Å². The Hall–Kier alpha value is -3.63. The van der Waals surface area contributed by atoms with E-state index in [1.807, 2.05) is 18.2 Å². The van der Waals surface area contributed by atoms with Crippen LogP contribution in [-0.2, 0) is 9.53 Å². The van der Waals surface area contributed by atoms with Gasteiger partial charge in [0.15, 0.2) is 5.13 Å². The molecule has 0 saturated carbocycles. The monoisotopic (exact) mass is 544 g/mol. The summed E-state index contributed by atoms with van der Waals surface area (Å²) in [5.41, 5.74) is 1.10. The molecule has 2 N–H and O–H groups in total. The topological polar surface area (TPSA) is 97.8 Å². The number of rotatable bonds is 9. The van der Waals surface area contributed by atoms with Gasteiger partial charge in [0.05, 0.1) is 18.9 Å². The molecule has 202 valence electrons. The number of carboxylic acid groups (broad SMARTS) is 1. The van der Waals surface area contributed by atoms with Gasteiger partial charge in [-0.25, -0.2) is 18.6 Å². The van der Waals surface area contributed by atoms with E-state index in [1.165, 1.54) is 6.92 Å². The molecule has 0 radical (unpaired) electrons. The average Bonchev–Trinajstić information content (AvgIpc) is 3.31. The smallest absolute Gasteiger partial charge is 0.331 e. The first kappa shape index (κ1) is 28.9. The summed E-state index contributed by atoms with van der Waals surface area (Å²) in [6, 6.07) is 7.37. The van der Waals surface area contributed by atoms with Crippen LogP contribution < -0.4 is 10.1 Å². The molecule has 0 aliphatic rings. The highest BCUT2D eigenvalue weighted by molar-refractivity contribution is 7.14. The summed E-state index contributed by atoms with van der Waals surface area (Å²) in [6.07, 6.45) is 1.43. The second kappa shape index (κ2) is 11.8. The number of amides is 1.